The first kappa shape index (κ1) is 20.8. The number of thiophene rings is 1. The minimum Gasteiger partial charge on any atom is -0.493 e. The van der Waals surface area contributed by atoms with E-state index in [2.05, 4.69) is 17.1 Å². The van der Waals surface area contributed by atoms with Gasteiger partial charge in [0.1, 0.15) is 0 Å². The van der Waals surface area contributed by atoms with Gasteiger partial charge < -0.3 is 24.1 Å². The lowest BCUT2D eigenvalue weighted by molar-refractivity contribution is 0.0757. The number of hydrogen-bond donors (Lipinski definition) is 1. The van der Waals surface area contributed by atoms with Crippen LogP contribution in [0.4, 0.5) is 0 Å². The van der Waals surface area contributed by atoms with Crippen LogP contribution in [0.3, 0.4) is 0 Å². The highest BCUT2D eigenvalue weighted by Gasteiger charge is 2.29. The Balaban J connectivity index is 1.80. The van der Waals surface area contributed by atoms with Crippen LogP contribution in [-0.2, 0) is 0 Å². The summed E-state index contributed by atoms with van der Waals surface area (Å²) in [4.78, 5) is 19.8. The van der Waals surface area contributed by atoms with Gasteiger partial charge in [-0.05, 0) is 29.6 Å². The SMILES string of the molecule is COc1cc(C(=O)N(C)C(c2cccs2)c2c[nH]c3ccccc23)cc(OC)c1OC. The van der Waals surface area contributed by atoms with Gasteiger partial charge in [0.2, 0.25) is 5.75 Å². The molecule has 0 aliphatic carbocycles. The van der Waals surface area contributed by atoms with Crippen LogP contribution in [0.5, 0.6) is 17.2 Å². The monoisotopic (exact) mass is 436 g/mol. The second-order valence-corrected chi connectivity index (χ2v) is 8.02. The molecule has 6 nitrogen and oxygen atoms in total. The van der Waals surface area contributed by atoms with Crippen molar-refractivity contribution in [2.75, 3.05) is 28.4 Å². The van der Waals surface area contributed by atoms with Crippen molar-refractivity contribution in [1.82, 2.24) is 9.88 Å². The Labute approximate surface area is 185 Å². The summed E-state index contributed by atoms with van der Waals surface area (Å²) in [6, 6.07) is 15.3. The molecule has 7 heteroatoms. The zero-order valence-electron chi connectivity index (χ0n) is 17.8. The first-order valence-corrected chi connectivity index (χ1v) is 10.6. The fraction of sp³-hybridized carbons (Fsp3) is 0.208. The maximum absolute atomic E-state index is 13.6. The van der Waals surface area contributed by atoms with E-state index in [0.29, 0.717) is 22.8 Å². The number of hydrogen-bond acceptors (Lipinski definition) is 5. The van der Waals surface area contributed by atoms with Crippen LogP contribution in [-0.4, -0.2) is 44.2 Å². The second kappa shape index (κ2) is 8.73. The molecule has 1 N–H and O–H groups in total. The molecule has 2 heterocycles. The molecule has 4 rings (SSSR count). The maximum atomic E-state index is 13.6. The molecule has 1 atom stereocenters. The number of methoxy groups -OCH3 is 3. The van der Waals surface area contributed by atoms with E-state index >= 15 is 0 Å². The molecule has 1 unspecified atom stereocenters. The number of H-pyrrole nitrogens is 1. The average molecular weight is 437 g/mol. The summed E-state index contributed by atoms with van der Waals surface area (Å²) < 4.78 is 16.3. The summed E-state index contributed by atoms with van der Waals surface area (Å²) in [5, 5.41) is 3.11. The van der Waals surface area contributed by atoms with Crippen molar-refractivity contribution >= 4 is 28.1 Å². The molecule has 0 radical (unpaired) electrons. The zero-order valence-corrected chi connectivity index (χ0v) is 18.7. The highest BCUT2D eigenvalue weighted by Crippen LogP contribution is 2.40. The fourth-order valence-electron chi connectivity index (χ4n) is 3.85. The number of nitrogens with zero attached hydrogens (tertiary/aromatic N) is 1. The molecule has 0 fully saturated rings. The van der Waals surface area contributed by atoms with Gasteiger partial charge in [0.15, 0.2) is 11.5 Å². The van der Waals surface area contributed by atoms with Gasteiger partial charge in [-0.1, -0.05) is 24.3 Å². The number of rotatable bonds is 7. The van der Waals surface area contributed by atoms with Gasteiger partial charge in [-0.25, -0.2) is 0 Å². The number of carbonyl (C=O) groups is 1. The maximum Gasteiger partial charge on any atom is 0.254 e. The van der Waals surface area contributed by atoms with Gasteiger partial charge in [-0.15, -0.1) is 11.3 Å². The van der Waals surface area contributed by atoms with E-state index in [1.54, 1.807) is 28.4 Å². The number of amides is 1. The number of carbonyl (C=O) groups excluding carboxylic acids is 1. The zero-order chi connectivity index (χ0) is 22.0. The minimum atomic E-state index is -0.247. The predicted molar refractivity (Wildman–Crippen MR) is 123 cm³/mol. The molecule has 1 amide bonds. The van der Waals surface area contributed by atoms with Gasteiger partial charge >= 0.3 is 0 Å². The van der Waals surface area contributed by atoms with Crippen LogP contribution in [0.15, 0.2) is 60.1 Å². The van der Waals surface area contributed by atoms with E-state index in [9.17, 15) is 4.79 Å². The summed E-state index contributed by atoms with van der Waals surface area (Å²) in [5.74, 6) is 1.19. The van der Waals surface area contributed by atoms with Crippen molar-refractivity contribution < 1.29 is 19.0 Å². The van der Waals surface area contributed by atoms with Gasteiger partial charge in [0, 0.05) is 40.2 Å². The van der Waals surface area contributed by atoms with Crippen molar-refractivity contribution in [1.29, 1.82) is 0 Å². The van der Waals surface area contributed by atoms with Crippen LogP contribution in [0.25, 0.3) is 10.9 Å². The van der Waals surface area contributed by atoms with Crippen molar-refractivity contribution in [2.45, 2.75) is 6.04 Å². The lowest BCUT2D eigenvalue weighted by Crippen LogP contribution is -2.31. The van der Waals surface area contributed by atoms with Gasteiger partial charge in [-0.2, -0.15) is 0 Å². The van der Waals surface area contributed by atoms with E-state index in [-0.39, 0.29) is 11.9 Å². The number of fused-ring (bicyclic) bond motifs is 1. The molecule has 0 bridgehead atoms. The third-order valence-corrected chi connectivity index (χ3v) is 6.27. The number of para-hydroxylation sites is 1. The van der Waals surface area contributed by atoms with Crippen molar-refractivity contribution in [2.24, 2.45) is 0 Å². The molecule has 0 saturated heterocycles. The van der Waals surface area contributed by atoms with Crippen molar-refractivity contribution in [3.05, 3.63) is 76.1 Å². The molecule has 0 spiro atoms. The second-order valence-electron chi connectivity index (χ2n) is 7.04. The quantitative estimate of drug-likeness (QED) is 0.437. The van der Waals surface area contributed by atoms with E-state index < -0.39 is 0 Å². The summed E-state index contributed by atoms with van der Waals surface area (Å²) in [6.07, 6.45) is 1.98. The van der Waals surface area contributed by atoms with E-state index in [4.69, 9.17) is 14.2 Å². The Bertz CT molecular complexity index is 1170. The third kappa shape index (κ3) is 3.72. The highest BCUT2D eigenvalue weighted by atomic mass is 32.1. The summed E-state index contributed by atoms with van der Waals surface area (Å²) in [7, 11) is 6.43. The molecule has 160 valence electrons. The molecule has 4 aromatic rings. The number of aromatic nitrogens is 1. The summed E-state index contributed by atoms with van der Waals surface area (Å²) in [6.45, 7) is 0. The first-order valence-electron chi connectivity index (χ1n) is 9.75. The molecule has 2 aromatic heterocycles. The lowest BCUT2D eigenvalue weighted by Gasteiger charge is -2.28. The average Bonchev–Trinajstić information content (AvgIpc) is 3.48. The summed E-state index contributed by atoms with van der Waals surface area (Å²) in [5.41, 5.74) is 2.53. The van der Waals surface area contributed by atoms with Gasteiger partial charge in [-0.3, -0.25) is 4.79 Å². The minimum absolute atomic E-state index is 0.150. The Morgan fingerprint density at radius 2 is 1.71 bits per heavy atom. The molecule has 0 aliphatic heterocycles. The Kier molecular flexibility index (Phi) is 5.86. The van der Waals surface area contributed by atoms with Crippen molar-refractivity contribution in [3.63, 3.8) is 0 Å². The normalized spacial score (nSPS) is 11.9. The van der Waals surface area contributed by atoms with E-state index in [1.165, 1.54) is 21.3 Å². The van der Waals surface area contributed by atoms with Crippen LogP contribution in [0.2, 0.25) is 0 Å². The van der Waals surface area contributed by atoms with Crippen LogP contribution in [0, 0.1) is 0 Å². The van der Waals surface area contributed by atoms with E-state index in [1.807, 2.05) is 42.9 Å². The number of aromatic amines is 1. The Morgan fingerprint density at radius 3 is 2.32 bits per heavy atom. The third-order valence-electron chi connectivity index (χ3n) is 5.35. The van der Waals surface area contributed by atoms with E-state index in [0.717, 1.165) is 21.3 Å². The molecule has 2 aromatic carbocycles. The smallest absolute Gasteiger partial charge is 0.254 e. The highest BCUT2D eigenvalue weighted by molar-refractivity contribution is 7.10. The Morgan fingerprint density at radius 1 is 1.00 bits per heavy atom. The number of ether oxygens (including phenoxy) is 3. The van der Waals surface area contributed by atoms with Gasteiger partial charge in [0.25, 0.3) is 5.91 Å². The number of benzene rings is 2. The largest absolute Gasteiger partial charge is 0.493 e. The van der Waals surface area contributed by atoms with Crippen LogP contribution >= 0.6 is 11.3 Å². The lowest BCUT2D eigenvalue weighted by atomic mass is 10.0. The molecule has 0 aliphatic rings. The Hall–Kier alpha value is -3.45. The van der Waals surface area contributed by atoms with Crippen LogP contribution < -0.4 is 14.2 Å². The number of nitrogens with one attached hydrogen (secondary N) is 1. The van der Waals surface area contributed by atoms with Gasteiger partial charge in [0.05, 0.1) is 27.4 Å². The molecule has 0 saturated carbocycles. The molecular weight excluding hydrogens is 412 g/mol. The predicted octanol–water partition coefficient (Wildman–Crippen LogP) is 5.12. The molecule has 31 heavy (non-hydrogen) atoms. The molecular formula is C24H24N2O4S. The topological polar surface area (TPSA) is 63.8 Å². The standard InChI is InChI=1S/C24H24N2O4S/c1-26(24(27)15-12-19(28-2)23(30-4)20(13-15)29-3)22(21-10-7-11-31-21)17-14-25-18-9-6-5-8-16(17)18/h5-14,22,25H,1-4H3. The fourth-order valence-corrected chi connectivity index (χ4v) is 4.73. The summed E-state index contributed by atoms with van der Waals surface area (Å²) >= 11 is 1.62. The van der Waals surface area contributed by atoms with Crippen LogP contribution in [0.1, 0.15) is 26.8 Å². The first-order chi connectivity index (χ1) is 15.1. The van der Waals surface area contributed by atoms with Crippen molar-refractivity contribution in [3.8, 4) is 17.2 Å².